The maximum Gasteiger partial charge on any atom is 0.187 e. The monoisotopic (exact) mass is 350 g/mol. The molecule has 0 unspecified atom stereocenters. The summed E-state index contributed by atoms with van der Waals surface area (Å²) in [5, 5.41) is 26.8. The van der Waals surface area contributed by atoms with Gasteiger partial charge in [-0.1, -0.05) is 10.3 Å². The molecule has 0 spiro atoms. The quantitative estimate of drug-likeness (QED) is 0.415. The fourth-order valence-electron chi connectivity index (χ4n) is 2.55. The molecule has 0 aliphatic carbocycles. The van der Waals surface area contributed by atoms with Crippen LogP contribution in [0.2, 0.25) is 0 Å². The van der Waals surface area contributed by atoms with Crippen molar-refractivity contribution in [3.05, 3.63) is 45.5 Å². The number of aromatic hydroxyl groups is 1. The molecular formula is C16H12F2N2O3S. The Morgan fingerprint density at radius 2 is 1.88 bits per heavy atom. The molecule has 2 aromatic heterocycles. The number of hydrogen-bond donors (Lipinski definition) is 2. The molecule has 5 nitrogen and oxygen atoms in total. The third-order valence-corrected chi connectivity index (χ3v) is 4.52. The number of rotatable bonds is 3. The minimum Gasteiger partial charge on any atom is -0.503 e. The molecule has 0 aliphatic heterocycles. The predicted molar refractivity (Wildman–Crippen MR) is 85.7 cm³/mol. The van der Waals surface area contributed by atoms with E-state index in [-0.39, 0.29) is 5.56 Å². The molecule has 0 saturated carbocycles. The third-order valence-electron chi connectivity index (χ3n) is 3.61. The van der Waals surface area contributed by atoms with Crippen LogP contribution in [0.5, 0.6) is 5.75 Å². The van der Waals surface area contributed by atoms with E-state index in [0.717, 1.165) is 12.1 Å². The normalized spacial score (nSPS) is 11.5. The van der Waals surface area contributed by atoms with Gasteiger partial charge in [-0.15, -0.1) is 11.3 Å². The molecule has 8 heteroatoms. The lowest BCUT2D eigenvalue weighted by atomic mass is 9.95. The fraction of sp³-hybridized carbons (Fsp3) is 0.125. The Morgan fingerprint density at radius 1 is 1.21 bits per heavy atom. The van der Waals surface area contributed by atoms with Gasteiger partial charge in [0.15, 0.2) is 17.4 Å². The zero-order valence-electron chi connectivity index (χ0n) is 12.7. The first-order chi connectivity index (χ1) is 11.4. The number of benzene rings is 1. The van der Waals surface area contributed by atoms with Crippen molar-refractivity contribution in [2.45, 2.75) is 13.8 Å². The lowest BCUT2D eigenvalue weighted by Gasteiger charge is -2.07. The molecule has 0 amide bonds. The van der Waals surface area contributed by atoms with Crippen molar-refractivity contribution in [1.82, 2.24) is 5.16 Å². The van der Waals surface area contributed by atoms with Crippen molar-refractivity contribution in [1.29, 1.82) is 0 Å². The van der Waals surface area contributed by atoms with Crippen LogP contribution < -0.4 is 0 Å². The van der Waals surface area contributed by atoms with Crippen LogP contribution in [0, 0.1) is 25.5 Å². The van der Waals surface area contributed by atoms with Gasteiger partial charge in [-0.05, 0) is 36.9 Å². The van der Waals surface area contributed by atoms with Gasteiger partial charge in [0.05, 0.1) is 16.8 Å². The Balaban J connectivity index is 2.31. The number of aromatic nitrogens is 1. The molecule has 124 valence electrons. The van der Waals surface area contributed by atoms with Crippen LogP contribution in [0.4, 0.5) is 8.78 Å². The van der Waals surface area contributed by atoms with Gasteiger partial charge in [-0.3, -0.25) is 0 Å². The molecule has 0 aliphatic rings. The van der Waals surface area contributed by atoms with E-state index in [1.54, 1.807) is 19.2 Å². The molecule has 0 bridgehead atoms. The Labute approximate surface area is 139 Å². The average Bonchev–Trinajstić information content (AvgIpc) is 3.08. The van der Waals surface area contributed by atoms with Gasteiger partial charge in [0.1, 0.15) is 5.76 Å². The second-order valence-electron chi connectivity index (χ2n) is 5.12. The molecular weight excluding hydrogens is 338 g/mol. The summed E-state index contributed by atoms with van der Waals surface area (Å²) in [5.41, 5.74) is 2.61. The third kappa shape index (κ3) is 2.54. The van der Waals surface area contributed by atoms with Gasteiger partial charge in [0.2, 0.25) is 0 Å². The van der Waals surface area contributed by atoms with Gasteiger partial charge in [0.25, 0.3) is 0 Å². The van der Waals surface area contributed by atoms with Crippen LogP contribution in [0.3, 0.4) is 0 Å². The van der Waals surface area contributed by atoms with Crippen molar-refractivity contribution in [2.75, 3.05) is 0 Å². The largest absolute Gasteiger partial charge is 0.503 e. The van der Waals surface area contributed by atoms with Crippen LogP contribution in [0.25, 0.3) is 22.3 Å². The lowest BCUT2D eigenvalue weighted by molar-refractivity contribution is 0.322. The standard InChI is InChI=1S/C16H12F2N2O3S/c1-7-14(8(2)23-20-7)15-10(6-24-13(15)5-19-22)9-3-11(17)16(21)12(18)4-9/h3-6,21-22H,1-2H3/b19-5+. The predicted octanol–water partition coefficient (Wildman–Crippen LogP) is 4.48. The van der Waals surface area contributed by atoms with E-state index < -0.39 is 17.4 Å². The Kier molecular flexibility index (Phi) is 4.06. The van der Waals surface area contributed by atoms with Crippen molar-refractivity contribution in [3.8, 4) is 28.0 Å². The van der Waals surface area contributed by atoms with E-state index in [1.165, 1.54) is 17.6 Å². The Bertz CT molecular complexity index is 904. The first-order valence-electron chi connectivity index (χ1n) is 6.84. The number of phenolic OH excluding ortho intramolecular Hbond substituents is 1. The van der Waals surface area contributed by atoms with E-state index in [2.05, 4.69) is 10.3 Å². The lowest BCUT2D eigenvalue weighted by Crippen LogP contribution is -1.91. The summed E-state index contributed by atoms with van der Waals surface area (Å²) in [7, 11) is 0. The van der Waals surface area contributed by atoms with Crippen molar-refractivity contribution < 1.29 is 23.6 Å². The number of oxime groups is 1. The summed E-state index contributed by atoms with van der Waals surface area (Å²) in [4.78, 5) is 0.579. The topological polar surface area (TPSA) is 78.9 Å². The second kappa shape index (κ2) is 6.04. The molecule has 1 aromatic carbocycles. The summed E-state index contributed by atoms with van der Waals surface area (Å²) in [6.45, 7) is 3.46. The number of phenols is 1. The molecule has 0 atom stereocenters. The fourth-order valence-corrected chi connectivity index (χ4v) is 3.49. The highest BCUT2D eigenvalue weighted by Gasteiger charge is 2.22. The smallest absolute Gasteiger partial charge is 0.187 e. The summed E-state index contributed by atoms with van der Waals surface area (Å²) in [5.74, 6) is -2.61. The molecule has 2 N–H and O–H groups in total. The molecule has 24 heavy (non-hydrogen) atoms. The summed E-state index contributed by atoms with van der Waals surface area (Å²) >= 11 is 1.24. The van der Waals surface area contributed by atoms with Crippen LogP contribution in [0.1, 0.15) is 16.3 Å². The highest BCUT2D eigenvalue weighted by molar-refractivity contribution is 7.12. The van der Waals surface area contributed by atoms with Crippen LogP contribution >= 0.6 is 11.3 Å². The highest BCUT2D eigenvalue weighted by Crippen LogP contribution is 2.42. The SMILES string of the molecule is Cc1noc(C)c1-c1c(-c2cc(F)c(O)c(F)c2)csc1/C=N/O. The van der Waals surface area contributed by atoms with E-state index in [0.29, 0.717) is 33.0 Å². The zero-order valence-corrected chi connectivity index (χ0v) is 13.5. The van der Waals surface area contributed by atoms with Crippen molar-refractivity contribution in [3.63, 3.8) is 0 Å². The second-order valence-corrected chi connectivity index (χ2v) is 6.03. The maximum absolute atomic E-state index is 13.7. The van der Waals surface area contributed by atoms with Gasteiger partial charge < -0.3 is 14.8 Å². The average molecular weight is 350 g/mol. The Morgan fingerprint density at radius 3 is 2.42 bits per heavy atom. The number of thiophene rings is 1. The molecule has 2 heterocycles. The molecule has 3 rings (SSSR count). The van der Waals surface area contributed by atoms with E-state index in [1.807, 2.05) is 0 Å². The highest BCUT2D eigenvalue weighted by atomic mass is 32.1. The van der Waals surface area contributed by atoms with Crippen molar-refractivity contribution in [2.24, 2.45) is 5.16 Å². The van der Waals surface area contributed by atoms with E-state index >= 15 is 0 Å². The first kappa shape index (κ1) is 16.1. The minimum absolute atomic E-state index is 0.242. The maximum atomic E-state index is 13.7. The summed E-state index contributed by atoms with van der Waals surface area (Å²) in [6, 6.07) is 2.09. The van der Waals surface area contributed by atoms with E-state index in [4.69, 9.17) is 9.73 Å². The number of aryl methyl sites for hydroxylation is 2. The molecule has 0 saturated heterocycles. The Hall–Kier alpha value is -2.74. The summed E-state index contributed by atoms with van der Waals surface area (Å²) < 4.78 is 32.6. The molecule has 0 radical (unpaired) electrons. The van der Waals surface area contributed by atoms with Crippen LogP contribution in [-0.2, 0) is 0 Å². The van der Waals surface area contributed by atoms with Gasteiger partial charge >= 0.3 is 0 Å². The van der Waals surface area contributed by atoms with Gasteiger partial charge in [-0.2, -0.15) is 0 Å². The van der Waals surface area contributed by atoms with Crippen molar-refractivity contribution >= 4 is 17.6 Å². The number of nitrogens with zero attached hydrogens (tertiary/aromatic N) is 2. The zero-order chi connectivity index (χ0) is 17.4. The van der Waals surface area contributed by atoms with Gasteiger partial charge in [0, 0.05) is 16.7 Å². The van der Waals surface area contributed by atoms with Crippen LogP contribution in [-0.4, -0.2) is 21.7 Å². The molecule has 3 aromatic rings. The van der Waals surface area contributed by atoms with Crippen LogP contribution in [0.15, 0.2) is 27.2 Å². The number of halogens is 2. The molecule has 0 fully saturated rings. The summed E-state index contributed by atoms with van der Waals surface area (Å²) in [6.07, 6.45) is 1.24. The first-order valence-corrected chi connectivity index (χ1v) is 7.72. The number of hydrogen-bond acceptors (Lipinski definition) is 6. The van der Waals surface area contributed by atoms with E-state index in [9.17, 15) is 13.9 Å². The van der Waals surface area contributed by atoms with Gasteiger partial charge in [-0.25, -0.2) is 8.78 Å². The minimum atomic E-state index is -1.06.